The van der Waals surface area contributed by atoms with Crippen molar-refractivity contribution in [2.45, 2.75) is 13.0 Å². The van der Waals surface area contributed by atoms with Crippen LogP contribution in [-0.2, 0) is 11.8 Å². The molecule has 1 aliphatic heterocycles. The smallest absolute Gasteiger partial charge is 0.254 e. The summed E-state index contributed by atoms with van der Waals surface area (Å²) in [5, 5.41) is 3.93. The molecule has 0 saturated carbocycles. The summed E-state index contributed by atoms with van der Waals surface area (Å²) >= 11 is 0. The molecular formula is C19H23N5O3. The van der Waals surface area contributed by atoms with Crippen molar-refractivity contribution in [2.75, 3.05) is 38.3 Å². The third-order valence-corrected chi connectivity index (χ3v) is 5.19. The highest BCUT2D eigenvalue weighted by molar-refractivity contribution is 5.97. The molecule has 8 heteroatoms. The fraction of sp³-hybridized carbons (Fsp3) is 0.421. The number of carbonyl (C=O) groups excluding carboxylic acids is 1. The number of fused-ring (bicyclic) bond motifs is 1. The summed E-state index contributed by atoms with van der Waals surface area (Å²) in [6, 6.07) is 7.24. The number of carbonyl (C=O) groups is 1. The van der Waals surface area contributed by atoms with Gasteiger partial charge in [-0.05, 0) is 25.1 Å². The zero-order chi connectivity index (χ0) is 19.0. The molecule has 3 heterocycles. The number of anilines is 1. The SMILES string of the molecule is C[C@H](c1ccon1)N(C)C(=O)c1ccc2c(c1)nc(N1CCOCC1)n2C. The number of aryl methyl sites for hydroxylation is 1. The number of hydrogen-bond acceptors (Lipinski definition) is 6. The van der Waals surface area contributed by atoms with Crippen molar-refractivity contribution in [3.8, 4) is 0 Å². The van der Waals surface area contributed by atoms with E-state index in [4.69, 9.17) is 14.2 Å². The number of amides is 1. The molecule has 0 radical (unpaired) electrons. The van der Waals surface area contributed by atoms with E-state index in [1.165, 1.54) is 6.26 Å². The molecule has 1 fully saturated rings. The summed E-state index contributed by atoms with van der Waals surface area (Å²) in [7, 11) is 3.77. The lowest BCUT2D eigenvalue weighted by molar-refractivity contribution is 0.0737. The number of hydrogen-bond donors (Lipinski definition) is 0. The van der Waals surface area contributed by atoms with E-state index >= 15 is 0 Å². The van der Waals surface area contributed by atoms with Crippen LogP contribution in [0.25, 0.3) is 11.0 Å². The molecule has 4 rings (SSSR count). The molecule has 8 nitrogen and oxygen atoms in total. The van der Waals surface area contributed by atoms with Crippen molar-refractivity contribution in [1.29, 1.82) is 0 Å². The van der Waals surface area contributed by atoms with Crippen LogP contribution in [-0.4, -0.2) is 58.9 Å². The largest absolute Gasteiger partial charge is 0.378 e. The number of ether oxygens (including phenoxy) is 1. The van der Waals surface area contributed by atoms with Crippen LogP contribution in [0.1, 0.15) is 29.0 Å². The highest BCUT2D eigenvalue weighted by Gasteiger charge is 2.23. The molecule has 1 amide bonds. The fourth-order valence-electron chi connectivity index (χ4n) is 3.38. The lowest BCUT2D eigenvalue weighted by Crippen LogP contribution is -2.37. The fourth-order valence-corrected chi connectivity index (χ4v) is 3.38. The van der Waals surface area contributed by atoms with Crippen LogP contribution >= 0.6 is 0 Å². The van der Waals surface area contributed by atoms with Gasteiger partial charge in [0.1, 0.15) is 12.0 Å². The van der Waals surface area contributed by atoms with Gasteiger partial charge in [0, 0.05) is 38.8 Å². The van der Waals surface area contributed by atoms with Gasteiger partial charge in [0.2, 0.25) is 5.95 Å². The first-order chi connectivity index (χ1) is 13.1. The zero-order valence-electron chi connectivity index (χ0n) is 15.8. The first kappa shape index (κ1) is 17.5. The van der Waals surface area contributed by atoms with Crippen molar-refractivity contribution >= 4 is 22.9 Å². The van der Waals surface area contributed by atoms with E-state index in [1.807, 2.05) is 32.2 Å². The van der Waals surface area contributed by atoms with E-state index in [1.54, 1.807) is 18.0 Å². The Morgan fingerprint density at radius 3 is 2.74 bits per heavy atom. The van der Waals surface area contributed by atoms with E-state index in [9.17, 15) is 4.79 Å². The van der Waals surface area contributed by atoms with E-state index < -0.39 is 0 Å². The van der Waals surface area contributed by atoms with Crippen LogP contribution in [0.4, 0.5) is 5.95 Å². The lowest BCUT2D eigenvalue weighted by Gasteiger charge is -2.27. The van der Waals surface area contributed by atoms with Crippen LogP contribution in [0, 0.1) is 0 Å². The molecule has 0 aliphatic carbocycles. The van der Waals surface area contributed by atoms with E-state index in [0.717, 1.165) is 35.8 Å². The maximum absolute atomic E-state index is 12.9. The van der Waals surface area contributed by atoms with Crippen LogP contribution in [0.3, 0.4) is 0 Å². The van der Waals surface area contributed by atoms with Crippen molar-refractivity contribution in [3.63, 3.8) is 0 Å². The Labute approximate surface area is 157 Å². The zero-order valence-corrected chi connectivity index (χ0v) is 15.8. The Hall–Kier alpha value is -2.87. The molecule has 0 bridgehead atoms. The molecular weight excluding hydrogens is 346 g/mol. The normalized spacial score (nSPS) is 15.9. The highest BCUT2D eigenvalue weighted by Crippen LogP contribution is 2.25. The molecule has 2 aromatic heterocycles. The summed E-state index contributed by atoms with van der Waals surface area (Å²) in [6.07, 6.45) is 1.51. The Bertz CT molecular complexity index is 944. The summed E-state index contributed by atoms with van der Waals surface area (Å²) in [5.74, 6) is 0.827. The van der Waals surface area contributed by atoms with Crippen LogP contribution in [0.5, 0.6) is 0 Å². The molecule has 27 heavy (non-hydrogen) atoms. The number of benzene rings is 1. The summed E-state index contributed by atoms with van der Waals surface area (Å²) in [5.41, 5.74) is 3.14. The average molecular weight is 369 g/mol. The Morgan fingerprint density at radius 2 is 2.04 bits per heavy atom. The van der Waals surface area contributed by atoms with Gasteiger partial charge in [-0.15, -0.1) is 0 Å². The van der Waals surface area contributed by atoms with Gasteiger partial charge >= 0.3 is 0 Å². The molecule has 1 aliphatic rings. The third kappa shape index (κ3) is 3.16. The summed E-state index contributed by atoms with van der Waals surface area (Å²) < 4.78 is 12.4. The maximum atomic E-state index is 12.9. The minimum Gasteiger partial charge on any atom is -0.378 e. The number of imidazole rings is 1. The van der Waals surface area contributed by atoms with E-state index in [-0.39, 0.29) is 11.9 Å². The van der Waals surface area contributed by atoms with Crippen molar-refractivity contribution < 1.29 is 14.1 Å². The van der Waals surface area contributed by atoms with E-state index in [2.05, 4.69) is 14.6 Å². The Balaban J connectivity index is 1.62. The first-order valence-electron chi connectivity index (χ1n) is 9.03. The van der Waals surface area contributed by atoms with Crippen molar-refractivity contribution in [1.82, 2.24) is 19.6 Å². The number of nitrogens with zero attached hydrogens (tertiary/aromatic N) is 5. The molecule has 0 N–H and O–H groups in total. The number of rotatable bonds is 4. The van der Waals surface area contributed by atoms with Gasteiger partial charge in [-0.25, -0.2) is 4.98 Å². The van der Waals surface area contributed by atoms with Crippen molar-refractivity contribution in [2.24, 2.45) is 7.05 Å². The monoisotopic (exact) mass is 369 g/mol. The van der Waals surface area contributed by atoms with Crippen LogP contribution in [0.15, 0.2) is 35.1 Å². The maximum Gasteiger partial charge on any atom is 0.254 e. The molecule has 142 valence electrons. The molecule has 0 unspecified atom stereocenters. The van der Waals surface area contributed by atoms with Gasteiger partial charge in [-0.3, -0.25) is 4.79 Å². The Morgan fingerprint density at radius 1 is 1.26 bits per heavy atom. The molecule has 0 spiro atoms. The second kappa shape index (κ2) is 7.03. The van der Waals surface area contributed by atoms with E-state index in [0.29, 0.717) is 18.8 Å². The minimum atomic E-state index is -0.181. The third-order valence-electron chi connectivity index (χ3n) is 5.19. The molecule has 3 aromatic rings. The molecule has 1 saturated heterocycles. The standard InChI is InChI=1S/C19H23N5O3/c1-13(15-6-9-27-21-15)22(2)18(25)14-4-5-17-16(12-14)20-19(23(17)3)24-7-10-26-11-8-24/h4-6,9,12-13H,7-8,10-11H2,1-3H3/t13-/m1/s1. The summed E-state index contributed by atoms with van der Waals surface area (Å²) in [6.45, 7) is 4.97. The minimum absolute atomic E-state index is 0.0778. The van der Waals surface area contributed by atoms with Gasteiger partial charge in [0.25, 0.3) is 5.91 Å². The topological polar surface area (TPSA) is 76.6 Å². The quantitative estimate of drug-likeness (QED) is 0.702. The second-order valence-electron chi connectivity index (χ2n) is 6.79. The average Bonchev–Trinajstić information content (AvgIpc) is 3.35. The van der Waals surface area contributed by atoms with Gasteiger partial charge in [0.05, 0.1) is 30.3 Å². The van der Waals surface area contributed by atoms with Gasteiger partial charge in [0.15, 0.2) is 0 Å². The van der Waals surface area contributed by atoms with Gasteiger partial charge < -0.3 is 23.6 Å². The number of aromatic nitrogens is 3. The van der Waals surface area contributed by atoms with Gasteiger partial charge in [-0.1, -0.05) is 5.16 Å². The van der Waals surface area contributed by atoms with Gasteiger partial charge in [-0.2, -0.15) is 0 Å². The number of morpholine rings is 1. The first-order valence-corrected chi connectivity index (χ1v) is 9.03. The predicted molar refractivity (Wildman–Crippen MR) is 101 cm³/mol. The molecule has 1 aromatic carbocycles. The molecule has 1 atom stereocenters. The lowest BCUT2D eigenvalue weighted by atomic mass is 10.1. The Kier molecular flexibility index (Phi) is 4.57. The predicted octanol–water partition coefficient (Wildman–Crippen LogP) is 2.23. The second-order valence-corrected chi connectivity index (χ2v) is 6.79. The highest BCUT2D eigenvalue weighted by atomic mass is 16.5. The van der Waals surface area contributed by atoms with Crippen LogP contribution in [0.2, 0.25) is 0 Å². The van der Waals surface area contributed by atoms with Crippen molar-refractivity contribution in [3.05, 3.63) is 41.8 Å². The summed E-state index contributed by atoms with van der Waals surface area (Å²) in [4.78, 5) is 21.6. The van der Waals surface area contributed by atoms with Crippen LogP contribution < -0.4 is 4.90 Å².